The molecule has 0 saturated carbocycles. The monoisotopic (exact) mass is 276 g/mol. The van der Waals surface area contributed by atoms with Crippen LogP contribution in [0.2, 0.25) is 0 Å². The fourth-order valence-corrected chi connectivity index (χ4v) is 1.86. The number of rotatable bonds is 0. The Morgan fingerprint density at radius 1 is 1.50 bits per heavy atom. The Kier molecular flexibility index (Phi) is 2.23. The first-order chi connectivity index (χ1) is 5.77. The van der Waals surface area contributed by atoms with E-state index in [1.165, 1.54) is 0 Å². The van der Waals surface area contributed by atoms with Crippen LogP contribution in [0.4, 0.5) is 0 Å². The van der Waals surface area contributed by atoms with E-state index >= 15 is 0 Å². The van der Waals surface area contributed by atoms with Gasteiger partial charge in [0.15, 0.2) is 0 Å². The molecule has 0 aromatic heterocycles. The van der Waals surface area contributed by atoms with Crippen LogP contribution in [0.3, 0.4) is 0 Å². The molecule has 2 nitrogen and oxygen atoms in total. The maximum atomic E-state index is 9.60. The minimum Gasteiger partial charge on any atom is -0.493 e. The molecule has 0 bridgehead atoms. The van der Waals surface area contributed by atoms with Crippen LogP contribution in [0, 0.1) is 3.57 Å². The van der Waals surface area contributed by atoms with E-state index in [0.717, 1.165) is 14.9 Å². The Hall–Kier alpha value is -0.290. The number of halogens is 1. The van der Waals surface area contributed by atoms with Crippen LogP contribution >= 0.6 is 22.6 Å². The first kappa shape index (κ1) is 8.31. The third-order valence-electron chi connectivity index (χ3n) is 1.98. The van der Waals surface area contributed by atoms with E-state index in [1.807, 2.05) is 18.2 Å². The van der Waals surface area contributed by atoms with Crippen molar-refractivity contribution >= 4 is 22.6 Å². The quantitative estimate of drug-likeness (QED) is 0.735. The molecule has 1 aliphatic heterocycles. The smallest absolute Gasteiger partial charge is 0.125 e. The third kappa shape index (κ3) is 1.43. The lowest BCUT2D eigenvalue weighted by molar-refractivity contribution is 0.115. The van der Waals surface area contributed by atoms with Crippen LogP contribution in [-0.2, 0) is 0 Å². The zero-order valence-electron chi connectivity index (χ0n) is 6.46. The lowest BCUT2D eigenvalue weighted by atomic mass is 10.0. The zero-order valence-corrected chi connectivity index (χ0v) is 8.61. The predicted molar refractivity (Wildman–Crippen MR) is 54.2 cm³/mol. The maximum absolute atomic E-state index is 9.60. The molecule has 0 unspecified atom stereocenters. The fourth-order valence-electron chi connectivity index (χ4n) is 1.35. The SMILES string of the molecule is O[C@@H]1CCOc2ccc(I)cc21. The van der Waals surface area contributed by atoms with Gasteiger partial charge in [0, 0.05) is 15.6 Å². The van der Waals surface area contributed by atoms with Gasteiger partial charge in [-0.25, -0.2) is 0 Å². The van der Waals surface area contributed by atoms with Crippen molar-refractivity contribution in [1.82, 2.24) is 0 Å². The number of aliphatic hydroxyl groups is 1. The van der Waals surface area contributed by atoms with Gasteiger partial charge in [0.25, 0.3) is 0 Å². The molecule has 12 heavy (non-hydrogen) atoms. The highest BCUT2D eigenvalue weighted by Gasteiger charge is 2.18. The Balaban J connectivity index is 2.47. The summed E-state index contributed by atoms with van der Waals surface area (Å²) in [5, 5.41) is 9.60. The van der Waals surface area contributed by atoms with Gasteiger partial charge in [0.1, 0.15) is 5.75 Å². The second-order valence-electron chi connectivity index (χ2n) is 2.84. The summed E-state index contributed by atoms with van der Waals surface area (Å²) in [6.07, 6.45) is 0.357. The minimum atomic E-state index is -0.344. The van der Waals surface area contributed by atoms with Crippen molar-refractivity contribution < 1.29 is 9.84 Å². The van der Waals surface area contributed by atoms with E-state index in [9.17, 15) is 5.11 Å². The van der Waals surface area contributed by atoms with Gasteiger partial charge in [-0.1, -0.05) is 0 Å². The maximum Gasteiger partial charge on any atom is 0.125 e. The van der Waals surface area contributed by atoms with Crippen LogP contribution in [-0.4, -0.2) is 11.7 Å². The molecule has 1 aromatic rings. The molecule has 1 heterocycles. The molecule has 1 N–H and O–H groups in total. The van der Waals surface area contributed by atoms with Crippen molar-refractivity contribution in [2.75, 3.05) is 6.61 Å². The number of hydrogen-bond donors (Lipinski definition) is 1. The van der Waals surface area contributed by atoms with Crippen molar-refractivity contribution in [3.63, 3.8) is 0 Å². The molecule has 0 saturated heterocycles. The molecule has 0 amide bonds. The summed E-state index contributed by atoms with van der Waals surface area (Å²) < 4.78 is 6.52. The van der Waals surface area contributed by atoms with Crippen LogP contribution in [0.15, 0.2) is 18.2 Å². The molecular weight excluding hydrogens is 267 g/mol. The lowest BCUT2D eigenvalue weighted by Gasteiger charge is -2.21. The molecule has 64 valence electrons. The normalized spacial score (nSPS) is 21.3. The zero-order chi connectivity index (χ0) is 8.55. The summed E-state index contributed by atoms with van der Waals surface area (Å²) in [7, 11) is 0. The number of aliphatic hydroxyl groups excluding tert-OH is 1. The van der Waals surface area contributed by atoms with Gasteiger partial charge in [0.2, 0.25) is 0 Å². The molecular formula is C9H9IO2. The molecule has 0 aliphatic carbocycles. The highest BCUT2D eigenvalue weighted by atomic mass is 127. The molecule has 1 atom stereocenters. The van der Waals surface area contributed by atoms with Gasteiger partial charge in [-0.15, -0.1) is 0 Å². The molecule has 3 heteroatoms. The summed E-state index contributed by atoms with van der Waals surface area (Å²) >= 11 is 2.23. The van der Waals surface area contributed by atoms with E-state index < -0.39 is 0 Å². The van der Waals surface area contributed by atoms with Gasteiger partial charge >= 0.3 is 0 Å². The van der Waals surface area contributed by atoms with E-state index in [1.54, 1.807) is 0 Å². The van der Waals surface area contributed by atoms with Gasteiger partial charge in [0.05, 0.1) is 12.7 Å². The van der Waals surface area contributed by atoms with Crippen LogP contribution in [0.5, 0.6) is 5.75 Å². The Bertz CT molecular complexity index is 299. The lowest BCUT2D eigenvalue weighted by Crippen LogP contribution is -2.13. The van der Waals surface area contributed by atoms with Crippen LogP contribution in [0.1, 0.15) is 18.1 Å². The fraction of sp³-hybridized carbons (Fsp3) is 0.333. The Morgan fingerprint density at radius 3 is 3.17 bits per heavy atom. The van der Waals surface area contributed by atoms with Crippen molar-refractivity contribution in [2.45, 2.75) is 12.5 Å². The second kappa shape index (κ2) is 3.22. The number of fused-ring (bicyclic) bond motifs is 1. The molecule has 0 fully saturated rings. The molecule has 1 aliphatic rings. The van der Waals surface area contributed by atoms with Crippen LogP contribution < -0.4 is 4.74 Å². The second-order valence-corrected chi connectivity index (χ2v) is 4.08. The summed E-state index contributed by atoms with van der Waals surface area (Å²) in [6, 6.07) is 5.87. The van der Waals surface area contributed by atoms with Crippen molar-refractivity contribution in [3.05, 3.63) is 27.3 Å². The van der Waals surface area contributed by atoms with Crippen molar-refractivity contribution in [3.8, 4) is 5.75 Å². The Labute approximate surface area is 84.7 Å². The average molecular weight is 276 g/mol. The number of hydrogen-bond acceptors (Lipinski definition) is 2. The van der Waals surface area contributed by atoms with Crippen molar-refractivity contribution in [1.29, 1.82) is 0 Å². The predicted octanol–water partition coefficient (Wildman–Crippen LogP) is 2.11. The van der Waals surface area contributed by atoms with E-state index in [2.05, 4.69) is 22.6 Å². The third-order valence-corrected chi connectivity index (χ3v) is 2.65. The number of benzene rings is 1. The van der Waals surface area contributed by atoms with E-state index in [-0.39, 0.29) is 6.10 Å². The van der Waals surface area contributed by atoms with E-state index in [4.69, 9.17) is 4.74 Å². The highest BCUT2D eigenvalue weighted by Crippen LogP contribution is 2.32. The van der Waals surface area contributed by atoms with E-state index in [0.29, 0.717) is 13.0 Å². The standard InChI is InChI=1S/C9H9IO2/c10-6-1-2-9-7(5-6)8(11)3-4-12-9/h1-2,5,8,11H,3-4H2/t8-/m1/s1. The van der Waals surface area contributed by atoms with Crippen molar-refractivity contribution in [2.24, 2.45) is 0 Å². The molecule has 0 spiro atoms. The first-order valence-corrected chi connectivity index (χ1v) is 4.95. The summed E-state index contributed by atoms with van der Waals surface area (Å²) in [5.74, 6) is 0.828. The summed E-state index contributed by atoms with van der Waals surface area (Å²) in [6.45, 7) is 0.620. The highest BCUT2D eigenvalue weighted by molar-refractivity contribution is 14.1. The van der Waals surface area contributed by atoms with Gasteiger partial charge in [-0.3, -0.25) is 0 Å². The number of ether oxygens (including phenoxy) is 1. The molecule has 1 aromatic carbocycles. The van der Waals surface area contributed by atoms with Gasteiger partial charge in [-0.05, 0) is 40.8 Å². The molecule has 0 radical (unpaired) electrons. The average Bonchev–Trinajstić information content (AvgIpc) is 2.07. The summed E-state index contributed by atoms with van der Waals surface area (Å²) in [4.78, 5) is 0. The summed E-state index contributed by atoms with van der Waals surface area (Å²) in [5.41, 5.74) is 0.924. The molecule has 2 rings (SSSR count). The first-order valence-electron chi connectivity index (χ1n) is 3.87. The Morgan fingerprint density at radius 2 is 2.33 bits per heavy atom. The minimum absolute atomic E-state index is 0.344. The topological polar surface area (TPSA) is 29.5 Å². The van der Waals surface area contributed by atoms with Gasteiger partial charge < -0.3 is 9.84 Å². The van der Waals surface area contributed by atoms with Crippen LogP contribution in [0.25, 0.3) is 0 Å². The largest absolute Gasteiger partial charge is 0.493 e. The van der Waals surface area contributed by atoms with Gasteiger partial charge in [-0.2, -0.15) is 0 Å².